The van der Waals surface area contributed by atoms with Gasteiger partial charge in [0.05, 0.1) is 5.41 Å². The van der Waals surface area contributed by atoms with E-state index in [2.05, 4.69) is 41.3 Å². The van der Waals surface area contributed by atoms with E-state index < -0.39 is 5.41 Å². The Labute approximate surface area is 238 Å². The van der Waals surface area contributed by atoms with Crippen LogP contribution in [0.4, 0.5) is 0 Å². The summed E-state index contributed by atoms with van der Waals surface area (Å²) in [5.74, 6) is 1.80. The normalized spacial score (nSPS) is 15.6. The van der Waals surface area contributed by atoms with Crippen LogP contribution >= 0.6 is 12.4 Å². The molecule has 39 heavy (non-hydrogen) atoms. The summed E-state index contributed by atoms with van der Waals surface area (Å²) >= 11 is 0. The molecule has 5 nitrogen and oxygen atoms in total. The predicted octanol–water partition coefficient (Wildman–Crippen LogP) is 7.28. The van der Waals surface area contributed by atoms with Crippen molar-refractivity contribution in [1.82, 2.24) is 4.90 Å². The number of nitrogens with zero attached hydrogens (tertiary/aromatic N) is 1. The minimum atomic E-state index is -0.583. The van der Waals surface area contributed by atoms with Crippen LogP contribution < -0.4 is 14.2 Å². The highest BCUT2D eigenvalue weighted by molar-refractivity contribution is 6.01. The highest BCUT2D eigenvalue weighted by atomic mass is 35.5. The first-order valence-electron chi connectivity index (χ1n) is 13.6. The Kier molecular flexibility index (Phi) is 9.36. The molecule has 0 atom stereocenters. The summed E-state index contributed by atoms with van der Waals surface area (Å²) in [6.45, 7) is 9.99. The molecule has 206 valence electrons. The zero-order valence-corrected chi connectivity index (χ0v) is 23.9. The molecule has 2 aliphatic heterocycles. The molecule has 0 amide bonds. The number of carbonyl (C=O) groups is 1. The smallest absolute Gasteiger partial charge is 0.316 e. The highest BCUT2D eigenvalue weighted by Gasteiger charge is 2.26. The summed E-state index contributed by atoms with van der Waals surface area (Å²) in [5.41, 5.74) is 4.85. The third-order valence-corrected chi connectivity index (χ3v) is 7.11. The molecular formula is C33H38ClNO4. The van der Waals surface area contributed by atoms with Crippen LogP contribution in [0.25, 0.3) is 11.1 Å². The topological polar surface area (TPSA) is 48.0 Å². The molecule has 0 bridgehead atoms. The van der Waals surface area contributed by atoms with E-state index in [4.69, 9.17) is 14.2 Å². The third-order valence-electron chi connectivity index (χ3n) is 7.11. The molecule has 3 aromatic carbocycles. The fraction of sp³-hybridized carbons (Fsp3) is 0.364. The minimum absolute atomic E-state index is 0. The Hall–Kier alpha value is -3.28. The fourth-order valence-electron chi connectivity index (χ4n) is 4.93. The van der Waals surface area contributed by atoms with E-state index in [1.165, 1.54) is 32.4 Å². The van der Waals surface area contributed by atoms with Crippen molar-refractivity contribution in [3.05, 3.63) is 89.5 Å². The average molecular weight is 548 g/mol. The minimum Gasteiger partial charge on any atom is -0.492 e. The Balaban J connectivity index is 0.00000353. The largest absolute Gasteiger partial charge is 0.492 e. The van der Waals surface area contributed by atoms with E-state index in [0.717, 1.165) is 40.1 Å². The molecule has 0 N–H and O–H groups in total. The van der Waals surface area contributed by atoms with Crippen molar-refractivity contribution < 1.29 is 19.0 Å². The van der Waals surface area contributed by atoms with Gasteiger partial charge < -0.3 is 14.2 Å². The monoisotopic (exact) mass is 547 g/mol. The van der Waals surface area contributed by atoms with Crippen LogP contribution in [-0.2, 0) is 4.79 Å². The van der Waals surface area contributed by atoms with E-state index in [1.807, 2.05) is 57.2 Å². The maximum Gasteiger partial charge on any atom is 0.316 e. The van der Waals surface area contributed by atoms with Crippen LogP contribution in [0.1, 0.15) is 56.7 Å². The van der Waals surface area contributed by atoms with E-state index in [9.17, 15) is 4.79 Å². The number of carbonyl (C=O) groups excluding carboxylic acids is 1. The molecule has 1 fully saturated rings. The molecule has 2 heterocycles. The van der Waals surface area contributed by atoms with Crippen LogP contribution in [0.2, 0.25) is 0 Å². The number of halogens is 1. The van der Waals surface area contributed by atoms with Crippen LogP contribution in [0.5, 0.6) is 17.2 Å². The number of rotatable bonds is 7. The van der Waals surface area contributed by atoms with Crippen molar-refractivity contribution in [1.29, 1.82) is 0 Å². The van der Waals surface area contributed by atoms with Crippen LogP contribution in [0, 0.1) is 5.41 Å². The number of likely N-dealkylation sites (tertiary alicyclic amines) is 1. The Morgan fingerprint density at radius 1 is 0.872 bits per heavy atom. The lowest BCUT2D eigenvalue weighted by molar-refractivity contribution is -0.143. The maximum atomic E-state index is 12.4. The van der Waals surface area contributed by atoms with Gasteiger partial charge in [-0.25, -0.2) is 0 Å². The third kappa shape index (κ3) is 7.03. The number of benzene rings is 3. The molecule has 5 rings (SSSR count). The maximum absolute atomic E-state index is 12.4. The summed E-state index contributed by atoms with van der Waals surface area (Å²) in [6, 6.07) is 24.3. The van der Waals surface area contributed by atoms with E-state index in [-0.39, 0.29) is 18.4 Å². The van der Waals surface area contributed by atoms with Crippen molar-refractivity contribution in [3.63, 3.8) is 0 Å². The van der Waals surface area contributed by atoms with Crippen LogP contribution in [0.3, 0.4) is 0 Å². The van der Waals surface area contributed by atoms with Gasteiger partial charge in [0, 0.05) is 23.7 Å². The number of esters is 1. The highest BCUT2D eigenvalue weighted by Crippen LogP contribution is 2.43. The molecule has 0 aromatic heterocycles. The summed E-state index contributed by atoms with van der Waals surface area (Å²) in [7, 11) is 0. The summed E-state index contributed by atoms with van der Waals surface area (Å²) in [5, 5.41) is 0. The molecule has 3 aromatic rings. The zero-order chi connectivity index (χ0) is 26.5. The number of fused-ring (bicyclic) bond motifs is 1. The van der Waals surface area contributed by atoms with Gasteiger partial charge in [0.15, 0.2) is 0 Å². The number of hydrogen-bond acceptors (Lipinski definition) is 5. The Bertz CT molecular complexity index is 1290. The van der Waals surface area contributed by atoms with Crippen LogP contribution in [-0.4, -0.2) is 43.7 Å². The van der Waals surface area contributed by atoms with Crippen molar-refractivity contribution in [2.45, 2.75) is 40.0 Å². The number of hydrogen-bond donors (Lipinski definition) is 0. The van der Waals surface area contributed by atoms with Gasteiger partial charge in [0.2, 0.25) is 0 Å². The number of piperidine rings is 1. The summed E-state index contributed by atoms with van der Waals surface area (Å²) in [6.07, 6.45) is 3.93. The summed E-state index contributed by atoms with van der Waals surface area (Å²) < 4.78 is 17.9. The first-order chi connectivity index (χ1) is 18.4. The van der Waals surface area contributed by atoms with Gasteiger partial charge in [0.25, 0.3) is 0 Å². The fourth-order valence-corrected chi connectivity index (χ4v) is 4.93. The summed E-state index contributed by atoms with van der Waals surface area (Å²) in [4.78, 5) is 14.9. The Morgan fingerprint density at radius 2 is 1.56 bits per heavy atom. The quantitative estimate of drug-likeness (QED) is 0.230. The second-order valence-electron chi connectivity index (χ2n) is 11.1. The molecule has 0 spiro atoms. The lowest BCUT2D eigenvalue weighted by Gasteiger charge is -2.26. The van der Waals surface area contributed by atoms with Gasteiger partial charge in [-0.2, -0.15) is 0 Å². The van der Waals surface area contributed by atoms with E-state index in [1.54, 1.807) is 0 Å². The first kappa shape index (κ1) is 28.7. The average Bonchev–Trinajstić information content (AvgIpc) is 2.93. The van der Waals surface area contributed by atoms with E-state index in [0.29, 0.717) is 24.7 Å². The second kappa shape index (κ2) is 12.7. The van der Waals surface area contributed by atoms with Crippen LogP contribution in [0.15, 0.2) is 72.8 Å². The SMILES string of the molecule is CC(C)(C)C(=O)Oc1ccc2c(c1)OCC(c1ccccc1)=C2c1ccc(OCCN2CCCCC2)cc1.Cl. The molecule has 0 aliphatic carbocycles. The molecular weight excluding hydrogens is 510 g/mol. The van der Waals surface area contributed by atoms with Gasteiger partial charge in [-0.1, -0.05) is 48.9 Å². The molecule has 2 aliphatic rings. The van der Waals surface area contributed by atoms with Gasteiger partial charge in [-0.3, -0.25) is 9.69 Å². The van der Waals surface area contributed by atoms with Gasteiger partial charge in [-0.15, -0.1) is 12.4 Å². The lowest BCUT2D eigenvalue weighted by atomic mass is 9.87. The van der Waals surface area contributed by atoms with Gasteiger partial charge in [0.1, 0.15) is 30.5 Å². The Morgan fingerprint density at radius 3 is 2.26 bits per heavy atom. The molecule has 0 saturated carbocycles. The lowest BCUT2D eigenvalue weighted by Crippen LogP contribution is -2.33. The molecule has 0 unspecified atom stereocenters. The molecule has 0 radical (unpaired) electrons. The van der Waals surface area contributed by atoms with Crippen molar-refractivity contribution in [3.8, 4) is 17.2 Å². The van der Waals surface area contributed by atoms with Crippen molar-refractivity contribution in [2.75, 3.05) is 32.8 Å². The van der Waals surface area contributed by atoms with E-state index >= 15 is 0 Å². The second-order valence-corrected chi connectivity index (χ2v) is 11.1. The standard InChI is InChI=1S/C33H37NO4.ClH/c1-33(2,3)32(35)38-27-16-17-28-30(22-27)37-23-29(24-10-6-4-7-11-24)31(28)25-12-14-26(15-13-25)36-21-20-34-18-8-5-9-19-34;/h4,6-7,10-17,22H,5,8-9,18-21,23H2,1-3H3;1H. The molecule has 1 saturated heterocycles. The van der Waals surface area contributed by atoms with Crippen molar-refractivity contribution in [2.24, 2.45) is 5.41 Å². The van der Waals surface area contributed by atoms with Gasteiger partial charge in [-0.05, 0) is 87.7 Å². The van der Waals surface area contributed by atoms with Gasteiger partial charge >= 0.3 is 5.97 Å². The van der Waals surface area contributed by atoms with Crippen molar-refractivity contribution >= 4 is 29.5 Å². The zero-order valence-electron chi connectivity index (χ0n) is 23.1. The first-order valence-corrected chi connectivity index (χ1v) is 13.6. The predicted molar refractivity (Wildman–Crippen MR) is 159 cm³/mol. The molecule has 6 heteroatoms. The number of ether oxygens (including phenoxy) is 3.